The lowest BCUT2D eigenvalue weighted by atomic mass is 9.97. The van der Waals surface area contributed by atoms with Crippen LogP contribution in [0.1, 0.15) is 56.2 Å². The zero-order chi connectivity index (χ0) is 28.3. The van der Waals surface area contributed by atoms with Gasteiger partial charge in [-0.05, 0) is 54.6 Å². The molecule has 9 nitrogen and oxygen atoms in total. The van der Waals surface area contributed by atoms with E-state index in [0.717, 1.165) is 61.6 Å². The zero-order valence-electron chi connectivity index (χ0n) is 23.2. The number of nitrogens with zero attached hydrogens (tertiary/aromatic N) is 3. The number of ether oxygens (including phenoxy) is 1. The summed E-state index contributed by atoms with van der Waals surface area (Å²) in [4.78, 5) is 18.5. The first kappa shape index (κ1) is 28.5. The van der Waals surface area contributed by atoms with E-state index in [9.17, 15) is 9.90 Å². The molecule has 1 saturated heterocycles. The first-order valence-corrected chi connectivity index (χ1v) is 13.5. The average molecular weight is 539 g/mol. The molecule has 0 atom stereocenters. The van der Waals surface area contributed by atoms with Crippen LogP contribution in [0, 0.1) is 16.6 Å². The number of carbonyl (C=O) groups excluding carboxylic acids is 1. The van der Waals surface area contributed by atoms with Crippen LogP contribution in [0.5, 0.6) is 11.5 Å². The second-order valence-corrected chi connectivity index (χ2v) is 10.5. The average Bonchev–Trinajstić information content (AvgIpc) is 3.73. The molecule has 0 aromatic heterocycles. The maximum absolute atomic E-state index is 15.7. The van der Waals surface area contributed by atoms with Gasteiger partial charge >= 0.3 is 0 Å². The number of anilines is 1. The van der Waals surface area contributed by atoms with Crippen molar-refractivity contribution in [3.05, 3.63) is 52.8 Å². The molecule has 4 rings (SSSR count). The molecule has 0 bridgehead atoms. The molecule has 0 spiro atoms. The van der Waals surface area contributed by atoms with Gasteiger partial charge in [-0.2, -0.15) is 0 Å². The summed E-state index contributed by atoms with van der Waals surface area (Å²) in [5.41, 5.74) is 1.48. The van der Waals surface area contributed by atoms with E-state index in [1.54, 1.807) is 12.1 Å². The number of carbonyl (C=O) groups is 1. The maximum atomic E-state index is 15.7. The van der Waals surface area contributed by atoms with Crippen molar-refractivity contribution in [3.63, 3.8) is 0 Å². The number of amides is 1. The molecule has 1 heterocycles. The summed E-state index contributed by atoms with van der Waals surface area (Å²) in [5, 5.41) is 31.2. The lowest BCUT2D eigenvalue weighted by Gasteiger charge is -2.34. The Morgan fingerprint density at radius 1 is 1.15 bits per heavy atom. The van der Waals surface area contributed by atoms with Gasteiger partial charge in [0.15, 0.2) is 5.84 Å². The van der Waals surface area contributed by atoms with E-state index in [2.05, 4.69) is 22.0 Å². The second kappa shape index (κ2) is 12.1. The van der Waals surface area contributed by atoms with Crippen LogP contribution in [0.25, 0.3) is 0 Å². The first-order valence-electron chi connectivity index (χ1n) is 13.5. The summed E-state index contributed by atoms with van der Waals surface area (Å²) in [6.07, 6.45) is 1.64. The van der Waals surface area contributed by atoms with Gasteiger partial charge in [0, 0.05) is 44.8 Å². The van der Waals surface area contributed by atoms with Crippen LogP contribution in [0.3, 0.4) is 0 Å². The quantitative estimate of drug-likeness (QED) is 0.299. The first-order chi connectivity index (χ1) is 18.6. The summed E-state index contributed by atoms with van der Waals surface area (Å²) in [7, 11) is 1.50. The predicted molar refractivity (Wildman–Crippen MR) is 151 cm³/mol. The molecule has 2 aromatic carbocycles. The van der Waals surface area contributed by atoms with Gasteiger partial charge in [-0.15, -0.1) is 0 Å². The van der Waals surface area contributed by atoms with Gasteiger partial charge in [-0.1, -0.05) is 26.8 Å². The Morgan fingerprint density at radius 2 is 1.82 bits per heavy atom. The van der Waals surface area contributed by atoms with E-state index in [4.69, 9.17) is 15.6 Å². The summed E-state index contributed by atoms with van der Waals surface area (Å²) in [6, 6.07) is 7.66. The van der Waals surface area contributed by atoms with Gasteiger partial charge in [-0.25, -0.2) is 4.39 Å². The van der Waals surface area contributed by atoms with Crippen molar-refractivity contribution in [1.82, 2.24) is 15.1 Å². The van der Waals surface area contributed by atoms with E-state index >= 15 is 4.39 Å². The van der Waals surface area contributed by atoms with Crippen LogP contribution in [0.4, 0.5) is 10.1 Å². The molecule has 0 radical (unpaired) electrons. The summed E-state index contributed by atoms with van der Waals surface area (Å²) < 4.78 is 21.1. The maximum Gasteiger partial charge on any atom is 0.287 e. The van der Waals surface area contributed by atoms with Gasteiger partial charge in [-0.3, -0.25) is 25.4 Å². The van der Waals surface area contributed by atoms with E-state index in [-0.39, 0.29) is 34.8 Å². The number of phenolic OH excluding ortho intramolecular Hbond substituents is 1. The molecular weight excluding hydrogens is 499 g/mol. The van der Waals surface area contributed by atoms with E-state index in [1.807, 2.05) is 13.8 Å². The summed E-state index contributed by atoms with van der Waals surface area (Å²) in [5.74, 6) is -2.10. The fraction of sp³-hybridized carbons (Fsp3) is 0.483. The smallest absolute Gasteiger partial charge is 0.287 e. The molecule has 1 aliphatic carbocycles. The normalized spacial score (nSPS) is 16.3. The number of phenols is 1. The summed E-state index contributed by atoms with van der Waals surface area (Å²) >= 11 is 0. The van der Waals surface area contributed by atoms with Crippen molar-refractivity contribution in [2.75, 3.05) is 44.7 Å². The second-order valence-electron chi connectivity index (χ2n) is 10.5. The van der Waals surface area contributed by atoms with E-state index in [0.29, 0.717) is 12.3 Å². The number of rotatable bonds is 8. The van der Waals surface area contributed by atoms with Gasteiger partial charge in [0.05, 0.1) is 18.4 Å². The lowest BCUT2D eigenvalue weighted by Crippen LogP contribution is -2.47. The number of methoxy groups -OCH3 is 1. The number of piperazine rings is 1. The van der Waals surface area contributed by atoms with Crippen molar-refractivity contribution in [3.8, 4) is 11.5 Å². The molecule has 1 amide bonds. The van der Waals surface area contributed by atoms with Crippen LogP contribution in [-0.2, 0) is 11.3 Å². The van der Waals surface area contributed by atoms with Crippen molar-refractivity contribution in [1.29, 1.82) is 10.8 Å². The third kappa shape index (κ3) is 6.57. The number of hydrogen-bond acceptors (Lipinski definition) is 7. The molecule has 2 fully saturated rings. The molecule has 10 heteroatoms. The molecular formula is C29H39FN6O3. The standard InChI is InChI=1S/C29H39FN6O3/c1-5-34-10-12-35(13-11-34)17-19-6-9-24(23(30)14-19)36(28(32)29(38)33-20-7-8-20)27(31)22-15-21(18(2)3)26(39-4)16-25(22)37/h6,9,14-16,18,20,31-32,37H,5,7-8,10-13,17H2,1-4H3,(H,33,38). The van der Waals surface area contributed by atoms with Crippen LogP contribution >= 0.6 is 0 Å². The highest BCUT2D eigenvalue weighted by Gasteiger charge is 2.32. The molecule has 2 aliphatic rings. The van der Waals surface area contributed by atoms with Crippen LogP contribution in [0.15, 0.2) is 30.3 Å². The van der Waals surface area contributed by atoms with Crippen molar-refractivity contribution < 1.29 is 19.0 Å². The predicted octanol–water partition coefficient (Wildman–Crippen LogP) is 3.89. The monoisotopic (exact) mass is 538 g/mol. The SMILES string of the molecule is CCN1CCN(Cc2ccc(N(C(=N)C(=O)NC3CC3)C(=N)c3cc(C(C)C)c(OC)cc3O)c(F)c2)CC1. The minimum absolute atomic E-state index is 0.00776. The fourth-order valence-electron chi connectivity index (χ4n) is 4.81. The molecule has 1 aliphatic heterocycles. The number of halogens is 1. The van der Waals surface area contributed by atoms with Crippen LogP contribution < -0.4 is 15.0 Å². The van der Waals surface area contributed by atoms with Crippen molar-refractivity contribution in [2.45, 2.75) is 52.1 Å². The molecule has 4 N–H and O–H groups in total. The van der Waals surface area contributed by atoms with E-state index < -0.39 is 17.6 Å². The van der Waals surface area contributed by atoms with Gasteiger partial charge in [0.2, 0.25) is 0 Å². The summed E-state index contributed by atoms with van der Waals surface area (Å²) in [6.45, 7) is 11.4. The molecule has 39 heavy (non-hydrogen) atoms. The number of nitrogens with one attached hydrogen (secondary N) is 3. The fourth-order valence-corrected chi connectivity index (χ4v) is 4.81. The Kier molecular flexibility index (Phi) is 8.87. The highest BCUT2D eigenvalue weighted by molar-refractivity contribution is 6.48. The third-order valence-corrected chi connectivity index (χ3v) is 7.37. The number of aromatic hydroxyl groups is 1. The minimum Gasteiger partial charge on any atom is -0.507 e. The largest absolute Gasteiger partial charge is 0.507 e. The Balaban J connectivity index is 1.66. The third-order valence-electron chi connectivity index (χ3n) is 7.37. The molecule has 210 valence electrons. The van der Waals surface area contributed by atoms with Crippen LogP contribution in [-0.4, -0.2) is 78.4 Å². The zero-order valence-corrected chi connectivity index (χ0v) is 23.2. The topological polar surface area (TPSA) is 116 Å². The van der Waals surface area contributed by atoms with E-state index in [1.165, 1.54) is 25.3 Å². The molecule has 2 aromatic rings. The lowest BCUT2D eigenvalue weighted by molar-refractivity contribution is -0.115. The van der Waals surface area contributed by atoms with Crippen LogP contribution in [0.2, 0.25) is 0 Å². The Labute approximate surface area is 229 Å². The Morgan fingerprint density at radius 3 is 2.38 bits per heavy atom. The van der Waals surface area contributed by atoms with Gasteiger partial charge in [0.25, 0.3) is 5.91 Å². The van der Waals surface area contributed by atoms with Crippen molar-refractivity contribution >= 4 is 23.3 Å². The molecule has 1 saturated carbocycles. The van der Waals surface area contributed by atoms with Gasteiger partial charge in [0.1, 0.15) is 23.2 Å². The number of amidine groups is 2. The highest BCUT2D eigenvalue weighted by atomic mass is 19.1. The number of likely N-dealkylation sites (N-methyl/N-ethyl adjacent to an activating group) is 1. The Hall–Kier alpha value is -3.50. The number of benzene rings is 2. The molecule has 0 unspecified atom stereocenters. The van der Waals surface area contributed by atoms with Gasteiger partial charge < -0.3 is 20.1 Å². The highest BCUT2D eigenvalue weighted by Crippen LogP contribution is 2.35. The number of hydrogen-bond donors (Lipinski definition) is 4. The minimum atomic E-state index is -0.698. The Bertz CT molecular complexity index is 1240. The van der Waals surface area contributed by atoms with Crippen molar-refractivity contribution in [2.24, 2.45) is 0 Å².